The molecule has 1 aliphatic rings. The second-order valence-electron chi connectivity index (χ2n) is 2.67. The molecule has 1 fully saturated rings. The first-order valence-corrected chi connectivity index (χ1v) is 3.52. The second kappa shape index (κ2) is 3.63. The predicted molar refractivity (Wildman–Crippen MR) is 34.9 cm³/mol. The van der Waals surface area contributed by atoms with Crippen molar-refractivity contribution in [3.63, 3.8) is 0 Å². The molecule has 72 valence electrons. The van der Waals surface area contributed by atoms with Crippen molar-refractivity contribution >= 4 is 0 Å². The van der Waals surface area contributed by atoms with Gasteiger partial charge < -0.3 is 25.2 Å². The number of aliphatic hydroxyl groups excluding tert-OH is 4. The van der Waals surface area contributed by atoms with E-state index in [9.17, 15) is 4.39 Å². The summed E-state index contributed by atoms with van der Waals surface area (Å²) in [6.07, 6.45) is -8.19. The lowest BCUT2D eigenvalue weighted by Gasteiger charge is -2.36. The third-order valence-corrected chi connectivity index (χ3v) is 1.82. The van der Waals surface area contributed by atoms with E-state index in [0.29, 0.717) is 0 Å². The lowest BCUT2D eigenvalue weighted by atomic mass is 10.0. The number of hydrogen-bond donors (Lipinski definition) is 4. The molecule has 1 unspecified atom stereocenters. The number of ether oxygens (including phenoxy) is 1. The molecule has 1 rings (SSSR count). The summed E-state index contributed by atoms with van der Waals surface area (Å²) < 4.78 is 17.1. The summed E-state index contributed by atoms with van der Waals surface area (Å²) in [5.74, 6) is 0. The van der Waals surface area contributed by atoms with Gasteiger partial charge in [-0.3, -0.25) is 0 Å². The summed E-state index contributed by atoms with van der Waals surface area (Å²) in [5, 5.41) is 35.3. The van der Waals surface area contributed by atoms with E-state index in [1.807, 2.05) is 0 Å². The Bertz CT molecular complexity index is 150. The Morgan fingerprint density at radius 2 is 1.75 bits per heavy atom. The highest BCUT2D eigenvalue weighted by Gasteiger charge is 2.43. The molecule has 0 saturated carbocycles. The van der Waals surface area contributed by atoms with E-state index >= 15 is 0 Å². The molecule has 5 nitrogen and oxygen atoms in total. The summed E-state index contributed by atoms with van der Waals surface area (Å²) in [6.45, 7) is -0.581. The van der Waals surface area contributed by atoms with Gasteiger partial charge in [0.05, 0.1) is 6.61 Å². The van der Waals surface area contributed by atoms with E-state index in [2.05, 4.69) is 4.74 Å². The molecule has 0 aromatic carbocycles. The third kappa shape index (κ3) is 1.57. The van der Waals surface area contributed by atoms with Crippen LogP contribution < -0.4 is 0 Å². The third-order valence-electron chi connectivity index (χ3n) is 1.82. The Hall–Kier alpha value is -0.270. The molecular weight excluding hydrogens is 171 g/mol. The van der Waals surface area contributed by atoms with Gasteiger partial charge in [0.2, 0.25) is 0 Å². The zero-order valence-corrected chi connectivity index (χ0v) is 6.17. The van der Waals surface area contributed by atoms with E-state index in [4.69, 9.17) is 20.4 Å². The Morgan fingerprint density at radius 1 is 1.17 bits per heavy atom. The molecule has 5 atom stereocenters. The van der Waals surface area contributed by atoms with Crippen LogP contribution in [0.2, 0.25) is 0 Å². The topological polar surface area (TPSA) is 90.2 Å². The van der Waals surface area contributed by atoms with Crippen molar-refractivity contribution in [3.05, 3.63) is 0 Å². The van der Waals surface area contributed by atoms with Crippen molar-refractivity contribution in [1.82, 2.24) is 0 Å². The van der Waals surface area contributed by atoms with Gasteiger partial charge in [0.25, 0.3) is 0 Å². The molecule has 0 aromatic rings. The summed E-state index contributed by atoms with van der Waals surface area (Å²) in [4.78, 5) is 0. The molecule has 6 heteroatoms. The first-order valence-electron chi connectivity index (χ1n) is 3.52. The van der Waals surface area contributed by atoms with Gasteiger partial charge in [-0.25, -0.2) is 4.39 Å². The fraction of sp³-hybridized carbons (Fsp3) is 1.00. The van der Waals surface area contributed by atoms with Gasteiger partial charge in [-0.2, -0.15) is 0 Å². The minimum absolute atomic E-state index is 0.581. The minimum Gasteiger partial charge on any atom is -0.394 e. The Morgan fingerprint density at radius 3 is 2.25 bits per heavy atom. The van der Waals surface area contributed by atoms with Crippen LogP contribution in [0.4, 0.5) is 4.39 Å². The maximum atomic E-state index is 12.7. The maximum Gasteiger partial charge on any atom is 0.189 e. The van der Waals surface area contributed by atoms with Crippen LogP contribution >= 0.6 is 0 Å². The van der Waals surface area contributed by atoms with Gasteiger partial charge >= 0.3 is 0 Å². The highest BCUT2D eigenvalue weighted by atomic mass is 19.1. The number of rotatable bonds is 1. The van der Waals surface area contributed by atoms with Gasteiger partial charge in [0.15, 0.2) is 12.5 Å². The highest BCUT2D eigenvalue weighted by Crippen LogP contribution is 2.21. The van der Waals surface area contributed by atoms with E-state index in [-0.39, 0.29) is 0 Å². The standard InChI is InChI=1S/C6H11FO5/c7-3-5(10)4(9)2(1-8)12-6(3)11/h2-6,8-11H,1H2/t2-,3-,4-,5-,6?/m1/s1/i7+0. The van der Waals surface area contributed by atoms with E-state index in [0.717, 1.165) is 0 Å². The molecule has 0 aliphatic carbocycles. The molecule has 12 heavy (non-hydrogen) atoms. The lowest BCUT2D eigenvalue weighted by molar-refractivity contribution is -0.271. The highest BCUT2D eigenvalue weighted by molar-refractivity contribution is 4.88. The summed E-state index contributed by atoms with van der Waals surface area (Å²) in [5.41, 5.74) is 0. The fourth-order valence-electron chi connectivity index (χ4n) is 1.06. The van der Waals surface area contributed by atoms with Crippen molar-refractivity contribution in [3.8, 4) is 0 Å². The van der Waals surface area contributed by atoms with E-state index in [1.165, 1.54) is 0 Å². The SMILES string of the molecule is OC[C@H]1OC(O)[C@H]([19F])[C@@H](O)[C@@H]1O. The molecule has 1 heterocycles. The number of halogens is 1. The molecule has 0 aromatic heterocycles. The lowest BCUT2D eigenvalue weighted by Crippen LogP contribution is -2.56. The van der Waals surface area contributed by atoms with Crippen LogP contribution in [0.1, 0.15) is 0 Å². The van der Waals surface area contributed by atoms with Crippen molar-refractivity contribution in [2.75, 3.05) is 6.61 Å². The summed E-state index contributed by atoms with van der Waals surface area (Å²) in [7, 11) is 0. The first kappa shape index (κ1) is 9.82. The molecule has 0 spiro atoms. The van der Waals surface area contributed by atoms with Crippen molar-refractivity contribution in [2.24, 2.45) is 0 Å². The molecule has 4 N–H and O–H groups in total. The zero-order valence-electron chi connectivity index (χ0n) is 6.17. The maximum absolute atomic E-state index is 12.7. The van der Waals surface area contributed by atoms with Crippen molar-refractivity contribution < 1.29 is 29.6 Å². The van der Waals surface area contributed by atoms with Crippen LogP contribution in [0.15, 0.2) is 0 Å². The molecule has 0 bridgehead atoms. The summed E-state index contributed by atoms with van der Waals surface area (Å²) in [6, 6.07) is 0. The van der Waals surface area contributed by atoms with Crippen LogP contribution in [0, 0.1) is 0 Å². The molecule has 0 radical (unpaired) electrons. The average Bonchev–Trinajstić information content (AvgIpc) is 2.08. The predicted octanol–water partition coefficient (Wildman–Crippen LogP) is -2.24. The van der Waals surface area contributed by atoms with Crippen LogP contribution in [-0.4, -0.2) is 57.8 Å². The Kier molecular flexibility index (Phi) is 2.97. The smallest absolute Gasteiger partial charge is 0.189 e. The first-order chi connectivity index (χ1) is 5.57. The minimum atomic E-state index is -2.04. The Balaban J connectivity index is 2.63. The van der Waals surface area contributed by atoms with Crippen LogP contribution in [-0.2, 0) is 4.74 Å². The normalized spacial score (nSPS) is 49.2. The van der Waals surface area contributed by atoms with Crippen LogP contribution in [0.25, 0.3) is 0 Å². The molecule has 1 saturated heterocycles. The van der Waals surface area contributed by atoms with Gasteiger partial charge in [-0.05, 0) is 0 Å². The van der Waals surface area contributed by atoms with Gasteiger partial charge in [0.1, 0.15) is 18.3 Å². The number of aliphatic hydroxyl groups is 4. The van der Waals surface area contributed by atoms with Gasteiger partial charge in [-0.1, -0.05) is 0 Å². The molecular formula is C6H11FO5. The quantitative estimate of drug-likeness (QED) is 0.368. The van der Waals surface area contributed by atoms with Gasteiger partial charge in [0, 0.05) is 0 Å². The molecule has 1 aliphatic heterocycles. The van der Waals surface area contributed by atoms with Crippen LogP contribution in [0.5, 0.6) is 0 Å². The summed E-state index contributed by atoms with van der Waals surface area (Å²) >= 11 is 0. The fourth-order valence-corrected chi connectivity index (χ4v) is 1.06. The number of alkyl halides is 1. The van der Waals surface area contributed by atoms with Crippen molar-refractivity contribution in [2.45, 2.75) is 30.8 Å². The monoisotopic (exact) mass is 182 g/mol. The molecule has 0 amide bonds. The van der Waals surface area contributed by atoms with Crippen molar-refractivity contribution in [1.29, 1.82) is 0 Å². The zero-order chi connectivity index (χ0) is 9.30. The largest absolute Gasteiger partial charge is 0.394 e. The van der Waals surface area contributed by atoms with Crippen LogP contribution in [0.3, 0.4) is 0 Å². The van der Waals surface area contributed by atoms with E-state index in [1.54, 1.807) is 0 Å². The Labute approximate surface area is 68.0 Å². The second-order valence-corrected chi connectivity index (χ2v) is 2.67. The number of hydrogen-bond acceptors (Lipinski definition) is 5. The van der Waals surface area contributed by atoms with Gasteiger partial charge in [-0.15, -0.1) is 0 Å². The average molecular weight is 182 g/mol. The van der Waals surface area contributed by atoms with E-state index < -0.39 is 37.4 Å².